The summed E-state index contributed by atoms with van der Waals surface area (Å²) < 4.78 is 25.3. The Hall–Kier alpha value is -3.09. The fraction of sp³-hybridized carbons (Fsp3) is 0.500. The van der Waals surface area contributed by atoms with Crippen LogP contribution in [0.25, 0.3) is 0 Å². The zero-order valence-corrected chi connectivity index (χ0v) is 18.8. The normalized spacial score (nSPS) is 19.5. The van der Waals surface area contributed by atoms with Crippen molar-refractivity contribution >= 4 is 5.84 Å². The zero-order chi connectivity index (χ0) is 23.0. The predicted molar refractivity (Wildman–Crippen MR) is 122 cm³/mol. The summed E-state index contributed by atoms with van der Waals surface area (Å²) in [7, 11) is 1.82. The molecule has 2 aliphatic heterocycles. The number of amidine groups is 1. The van der Waals surface area contributed by atoms with Gasteiger partial charge >= 0.3 is 0 Å². The first-order valence-corrected chi connectivity index (χ1v) is 11.3. The number of aliphatic imine (C=N–C) groups is 1. The quantitative estimate of drug-likeness (QED) is 0.486. The van der Waals surface area contributed by atoms with Gasteiger partial charge in [0.1, 0.15) is 24.1 Å². The molecule has 2 fully saturated rings. The van der Waals surface area contributed by atoms with E-state index in [1.54, 1.807) is 24.4 Å². The smallest absolute Gasteiger partial charge is 0.216 e. The molecule has 0 radical (unpaired) electrons. The largest absolute Gasteiger partial charge is 0.473 e. The number of nitrogens with one attached hydrogen (secondary N) is 1. The van der Waals surface area contributed by atoms with Crippen molar-refractivity contribution in [2.24, 2.45) is 4.99 Å². The number of aromatic nitrogens is 2. The van der Waals surface area contributed by atoms with Crippen molar-refractivity contribution in [3.63, 3.8) is 0 Å². The summed E-state index contributed by atoms with van der Waals surface area (Å²) in [4.78, 5) is 15.8. The van der Waals surface area contributed by atoms with Gasteiger partial charge in [0.15, 0.2) is 0 Å². The number of piperidine rings is 1. The second-order valence-corrected chi connectivity index (χ2v) is 8.34. The van der Waals surface area contributed by atoms with Crippen molar-refractivity contribution in [2.45, 2.75) is 37.9 Å². The van der Waals surface area contributed by atoms with Gasteiger partial charge < -0.3 is 14.8 Å². The number of likely N-dealkylation sites (tertiary alicyclic amines) is 1. The highest BCUT2D eigenvalue weighted by Crippen LogP contribution is 2.26. The van der Waals surface area contributed by atoms with E-state index in [1.807, 2.05) is 13.1 Å². The van der Waals surface area contributed by atoms with Crippen molar-refractivity contribution in [3.8, 4) is 11.9 Å². The van der Waals surface area contributed by atoms with Crippen LogP contribution in [0.4, 0.5) is 4.39 Å². The molecule has 9 heteroatoms. The fourth-order valence-corrected chi connectivity index (χ4v) is 3.96. The van der Waals surface area contributed by atoms with Crippen LogP contribution in [0, 0.1) is 17.1 Å². The Morgan fingerprint density at radius 3 is 2.82 bits per heavy atom. The van der Waals surface area contributed by atoms with E-state index < -0.39 is 5.82 Å². The molecule has 1 N–H and O–H groups in total. The van der Waals surface area contributed by atoms with Crippen molar-refractivity contribution in [1.82, 2.24) is 20.2 Å². The first-order valence-electron chi connectivity index (χ1n) is 11.3. The van der Waals surface area contributed by atoms with Gasteiger partial charge in [0, 0.05) is 43.9 Å². The van der Waals surface area contributed by atoms with Crippen LogP contribution in [0.2, 0.25) is 0 Å². The first-order chi connectivity index (χ1) is 16.1. The van der Waals surface area contributed by atoms with Crippen LogP contribution in [0.5, 0.6) is 5.88 Å². The van der Waals surface area contributed by atoms with Gasteiger partial charge in [-0.1, -0.05) is 6.07 Å². The maximum atomic E-state index is 14.1. The standard InChI is InChI=1S/C24H29FN6O2/c1-27-22(29-14-20-7-11-32-20)15-31-9-5-18(6-10-31)24-28-8-4-23(30-24)33-16-19-3-2-17(13-26)12-21(19)25/h2-4,8,12,18,20H,5-7,9-11,14-16H2,1H3,(H,27,29)/t20-/m0/s1. The number of benzene rings is 1. The van der Waals surface area contributed by atoms with Crippen LogP contribution >= 0.6 is 0 Å². The summed E-state index contributed by atoms with van der Waals surface area (Å²) >= 11 is 0. The van der Waals surface area contributed by atoms with Gasteiger partial charge in [-0.15, -0.1) is 0 Å². The highest BCUT2D eigenvalue weighted by molar-refractivity contribution is 5.84. The van der Waals surface area contributed by atoms with E-state index in [-0.39, 0.29) is 18.1 Å². The van der Waals surface area contributed by atoms with Crippen LogP contribution < -0.4 is 10.1 Å². The molecule has 33 heavy (non-hydrogen) atoms. The lowest BCUT2D eigenvalue weighted by Gasteiger charge is -2.32. The van der Waals surface area contributed by atoms with Gasteiger partial charge in [0.2, 0.25) is 5.88 Å². The molecule has 0 unspecified atom stereocenters. The molecule has 1 aromatic heterocycles. The Labute approximate surface area is 193 Å². The van der Waals surface area contributed by atoms with Gasteiger partial charge in [-0.05, 0) is 44.5 Å². The van der Waals surface area contributed by atoms with E-state index in [4.69, 9.17) is 14.7 Å². The van der Waals surface area contributed by atoms with E-state index in [1.165, 1.54) is 6.07 Å². The third-order valence-electron chi connectivity index (χ3n) is 6.13. The number of rotatable bonds is 8. The molecule has 1 atom stereocenters. The first kappa shape index (κ1) is 23.1. The van der Waals surface area contributed by atoms with Crippen molar-refractivity contribution in [1.29, 1.82) is 5.26 Å². The van der Waals surface area contributed by atoms with E-state index in [0.717, 1.165) is 63.7 Å². The summed E-state index contributed by atoms with van der Waals surface area (Å²) in [6.07, 6.45) is 5.02. The molecule has 3 heterocycles. The van der Waals surface area contributed by atoms with E-state index >= 15 is 0 Å². The molecular formula is C24H29FN6O2. The summed E-state index contributed by atoms with van der Waals surface area (Å²) in [6, 6.07) is 7.96. The molecule has 4 rings (SSSR count). The number of hydrogen-bond donors (Lipinski definition) is 1. The highest BCUT2D eigenvalue weighted by atomic mass is 19.1. The van der Waals surface area contributed by atoms with Crippen LogP contribution in [0.15, 0.2) is 35.5 Å². The molecule has 0 spiro atoms. The van der Waals surface area contributed by atoms with Gasteiger partial charge in [0.05, 0.1) is 24.3 Å². The molecule has 0 aliphatic carbocycles. The van der Waals surface area contributed by atoms with E-state index in [2.05, 4.69) is 25.2 Å². The number of nitrogens with zero attached hydrogens (tertiary/aromatic N) is 5. The minimum atomic E-state index is -0.458. The molecule has 174 valence electrons. The second kappa shape index (κ2) is 11.2. The van der Waals surface area contributed by atoms with E-state index in [9.17, 15) is 4.39 Å². The second-order valence-electron chi connectivity index (χ2n) is 8.34. The maximum Gasteiger partial charge on any atom is 0.216 e. The molecule has 2 aromatic rings. The summed E-state index contributed by atoms with van der Waals surface area (Å²) in [5.74, 6) is 1.98. The monoisotopic (exact) mass is 452 g/mol. The number of halogens is 1. The van der Waals surface area contributed by atoms with Crippen molar-refractivity contribution in [2.75, 3.05) is 39.8 Å². The number of nitriles is 1. The minimum absolute atomic E-state index is 0.0461. The molecule has 8 nitrogen and oxygen atoms in total. The topological polar surface area (TPSA) is 95.7 Å². The number of hydrogen-bond acceptors (Lipinski definition) is 7. The third-order valence-corrected chi connectivity index (χ3v) is 6.13. The lowest BCUT2D eigenvalue weighted by Crippen LogP contribution is -2.45. The van der Waals surface area contributed by atoms with E-state index in [0.29, 0.717) is 17.5 Å². The number of ether oxygens (including phenoxy) is 2. The third kappa shape index (κ3) is 6.24. The predicted octanol–water partition coefficient (Wildman–Crippen LogP) is 2.65. The van der Waals surface area contributed by atoms with Crippen molar-refractivity contribution in [3.05, 3.63) is 53.2 Å². The lowest BCUT2D eigenvalue weighted by atomic mass is 9.96. The van der Waals surface area contributed by atoms with Crippen LogP contribution in [-0.4, -0.2) is 66.6 Å². The fourth-order valence-electron chi connectivity index (χ4n) is 3.96. The summed E-state index contributed by atoms with van der Waals surface area (Å²) in [5.41, 5.74) is 0.667. The SMILES string of the molecule is CN=C(CN1CCC(c2nccc(OCc3ccc(C#N)cc3F)n2)CC1)NC[C@@H]1CCO1. The van der Waals surface area contributed by atoms with Gasteiger partial charge in [-0.3, -0.25) is 9.89 Å². The average Bonchev–Trinajstić information content (AvgIpc) is 2.82. The van der Waals surface area contributed by atoms with Crippen LogP contribution in [0.1, 0.15) is 42.1 Å². The Morgan fingerprint density at radius 1 is 1.33 bits per heavy atom. The zero-order valence-electron chi connectivity index (χ0n) is 18.8. The molecule has 0 amide bonds. The molecule has 0 saturated carbocycles. The lowest BCUT2D eigenvalue weighted by molar-refractivity contribution is -0.0461. The molecule has 2 saturated heterocycles. The van der Waals surface area contributed by atoms with Crippen LogP contribution in [0.3, 0.4) is 0 Å². The molecular weight excluding hydrogens is 423 g/mol. The summed E-state index contributed by atoms with van der Waals surface area (Å²) in [5, 5.41) is 12.3. The van der Waals surface area contributed by atoms with Gasteiger partial charge in [-0.2, -0.15) is 10.2 Å². The molecule has 0 bridgehead atoms. The molecule has 2 aliphatic rings. The minimum Gasteiger partial charge on any atom is -0.473 e. The Bertz CT molecular complexity index is 1010. The summed E-state index contributed by atoms with van der Waals surface area (Å²) in [6.45, 7) is 4.40. The maximum absolute atomic E-state index is 14.1. The van der Waals surface area contributed by atoms with Gasteiger partial charge in [-0.25, -0.2) is 9.37 Å². The highest BCUT2D eigenvalue weighted by Gasteiger charge is 2.24. The van der Waals surface area contributed by atoms with Crippen molar-refractivity contribution < 1.29 is 13.9 Å². The Balaban J connectivity index is 1.26. The Kier molecular flexibility index (Phi) is 7.81. The van der Waals surface area contributed by atoms with Gasteiger partial charge in [0.25, 0.3) is 0 Å². The van der Waals surface area contributed by atoms with Crippen LogP contribution in [-0.2, 0) is 11.3 Å². The molecule has 1 aromatic carbocycles. The Morgan fingerprint density at radius 2 is 2.15 bits per heavy atom. The average molecular weight is 453 g/mol.